The predicted octanol–water partition coefficient (Wildman–Crippen LogP) is 4.04. The van der Waals surface area contributed by atoms with E-state index in [-0.39, 0.29) is 30.7 Å². The lowest BCUT2D eigenvalue weighted by molar-refractivity contribution is -0.133. The molecule has 1 heterocycles. The van der Waals surface area contributed by atoms with Crippen LogP contribution >= 0.6 is 23.1 Å². The Morgan fingerprint density at radius 3 is 2.37 bits per heavy atom. The van der Waals surface area contributed by atoms with Gasteiger partial charge in [-0.2, -0.15) is 0 Å². The van der Waals surface area contributed by atoms with Gasteiger partial charge in [-0.1, -0.05) is 48.5 Å². The predicted molar refractivity (Wildman–Crippen MR) is 136 cm³/mol. The van der Waals surface area contributed by atoms with Crippen molar-refractivity contribution in [2.24, 2.45) is 0 Å². The number of rotatable bonds is 10. The summed E-state index contributed by atoms with van der Waals surface area (Å²) in [6.07, 6.45) is -0.541. The van der Waals surface area contributed by atoms with Crippen LogP contribution in [0.4, 0.5) is 4.79 Å². The number of aryl methyl sites for hydroxylation is 1. The standard InChI is InChI=1S/C25H25N3O5S2/c1-15-23(24(31)26-10-11-34-14-22(29)30)28-21(35-15)12-27-25(32)33-13-20-18-8-4-2-6-16(18)17-7-3-5-9-19(17)20/h2-9,20H,10-14H2,1H3,(H,26,31)(H,27,32)(H,29,30). The molecule has 10 heteroatoms. The van der Waals surface area contributed by atoms with Gasteiger partial charge >= 0.3 is 12.1 Å². The van der Waals surface area contributed by atoms with Crippen molar-refractivity contribution in [3.05, 3.63) is 75.2 Å². The Morgan fingerprint density at radius 1 is 1.06 bits per heavy atom. The summed E-state index contributed by atoms with van der Waals surface area (Å²) in [5.74, 6) is -0.721. The van der Waals surface area contributed by atoms with Crippen molar-refractivity contribution in [3.8, 4) is 11.1 Å². The van der Waals surface area contributed by atoms with Gasteiger partial charge in [0.05, 0.1) is 12.3 Å². The molecule has 3 aromatic rings. The number of carbonyl (C=O) groups excluding carboxylic acids is 2. The number of nitrogens with one attached hydrogen (secondary N) is 2. The molecule has 0 radical (unpaired) electrons. The highest BCUT2D eigenvalue weighted by molar-refractivity contribution is 7.99. The molecule has 0 aliphatic heterocycles. The van der Waals surface area contributed by atoms with Gasteiger partial charge in [-0.05, 0) is 29.2 Å². The number of carboxylic acids is 1. The lowest BCUT2D eigenvalue weighted by Gasteiger charge is -2.14. The maximum atomic E-state index is 12.4. The minimum atomic E-state index is -0.884. The molecule has 35 heavy (non-hydrogen) atoms. The number of thiazole rings is 1. The number of carbonyl (C=O) groups is 3. The lowest BCUT2D eigenvalue weighted by Crippen LogP contribution is -2.27. The molecular weight excluding hydrogens is 486 g/mol. The first-order valence-electron chi connectivity index (χ1n) is 11.1. The van der Waals surface area contributed by atoms with Crippen LogP contribution in [0.15, 0.2) is 48.5 Å². The van der Waals surface area contributed by atoms with E-state index in [1.807, 2.05) is 24.3 Å². The Bertz CT molecular complexity index is 1200. The summed E-state index contributed by atoms with van der Waals surface area (Å²) in [5, 5.41) is 14.7. The van der Waals surface area contributed by atoms with E-state index in [1.165, 1.54) is 34.2 Å². The first-order valence-corrected chi connectivity index (χ1v) is 13.0. The maximum absolute atomic E-state index is 12.4. The number of hydrogen-bond donors (Lipinski definition) is 3. The van der Waals surface area contributed by atoms with Gasteiger partial charge in [0.25, 0.3) is 5.91 Å². The van der Waals surface area contributed by atoms with Crippen LogP contribution in [0.2, 0.25) is 0 Å². The van der Waals surface area contributed by atoms with Gasteiger partial charge in [0.15, 0.2) is 0 Å². The lowest BCUT2D eigenvalue weighted by atomic mass is 9.98. The third-order valence-corrected chi connectivity index (χ3v) is 7.46. The number of alkyl carbamates (subject to hydrolysis) is 1. The van der Waals surface area contributed by atoms with Crippen molar-refractivity contribution in [3.63, 3.8) is 0 Å². The molecule has 1 aromatic heterocycles. The highest BCUT2D eigenvalue weighted by Crippen LogP contribution is 2.44. The van der Waals surface area contributed by atoms with E-state index < -0.39 is 12.1 Å². The molecule has 1 aliphatic carbocycles. The van der Waals surface area contributed by atoms with Gasteiger partial charge in [-0.3, -0.25) is 9.59 Å². The third kappa shape index (κ3) is 6.01. The Labute approximate surface area is 211 Å². The van der Waals surface area contributed by atoms with Crippen molar-refractivity contribution in [1.29, 1.82) is 0 Å². The Morgan fingerprint density at radius 2 is 1.71 bits per heavy atom. The topological polar surface area (TPSA) is 118 Å². The van der Waals surface area contributed by atoms with E-state index in [4.69, 9.17) is 9.84 Å². The molecule has 8 nitrogen and oxygen atoms in total. The number of amides is 2. The van der Waals surface area contributed by atoms with E-state index in [0.29, 0.717) is 23.0 Å². The summed E-state index contributed by atoms with van der Waals surface area (Å²) in [6, 6.07) is 16.3. The number of aromatic nitrogens is 1. The number of hydrogen-bond acceptors (Lipinski definition) is 7. The Kier molecular flexibility index (Phi) is 8.04. The third-order valence-electron chi connectivity index (χ3n) is 5.54. The average molecular weight is 512 g/mol. The van der Waals surface area contributed by atoms with Gasteiger partial charge in [-0.25, -0.2) is 9.78 Å². The molecule has 3 N–H and O–H groups in total. The molecule has 2 amide bonds. The first-order chi connectivity index (χ1) is 16.9. The zero-order chi connectivity index (χ0) is 24.8. The largest absolute Gasteiger partial charge is 0.481 e. The quantitative estimate of drug-likeness (QED) is 0.352. The summed E-state index contributed by atoms with van der Waals surface area (Å²) < 4.78 is 5.54. The van der Waals surface area contributed by atoms with Gasteiger partial charge in [0.1, 0.15) is 17.3 Å². The molecule has 2 aromatic carbocycles. The molecular formula is C25H25N3O5S2. The zero-order valence-electron chi connectivity index (χ0n) is 19.1. The van der Waals surface area contributed by atoms with Crippen molar-refractivity contribution in [2.75, 3.05) is 24.7 Å². The zero-order valence-corrected chi connectivity index (χ0v) is 20.7. The molecule has 4 rings (SSSR count). The number of thioether (sulfide) groups is 1. The SMILES string of the molecule is Cc1sc(CNC(=O)OCC2c3ccccc3-c3ccccc32)nc1C(=O)NCCSCC(=O)O. The van der Waals surface area contributed by atoms with Crippen LogP contribution in [0.3, 0.4) is 0 Å². The molecule has 0 fully saturated rings. The Hall–Kier alpha value is -3.37. The number of ether oxygens (including phenoxy) is 1. The molecule has 0 atom stereocenters. The summed E-state index contributed by atoms with van der Waals surface area (Å²) >= 11 is 2.56. The van der Waals surface area contributed by atoms with Crippen molar-refractivity contribution < 1.29 is 24.2 Å². The second kappa shape index (κ2) is 11.4. The summed E-state index contributed by atoms with van der Waals surface area (Å²) in [6.45, 7) is 2.53. The molecule has 1 aliphatic rings. The summed E-state index contributed by atoms with van der Waals surface area (Å²) in [4.78, 5) is 40.4. The summed E-state index contributed by atoms with van der Waals surface area (Å²) in [5.41, 5.74) is 4.94. The number of carboxylic acid groups (broad SMARTS) is 1. The monoisotopic (exact) mass is 511 g/mol. The normalized spacial score (nSPS) is 12.0. The van der Waals surface area contributed by atoms with Crippen LogP contribution in [-0.2, 0) is 16.1 Å². The molecule has 0 spiro atoms. The van der Waals surface area contributed by atoms with E-state index in [2.05, 4.69) is 39.9 Å². The van der Waals surface area contributed by atoms with Crippen LogP contribution < -0.4 is 10.6 Å². The average Bonchev–Trinajstić information content (AvgIpc) is 3.38. The number of fused-ring (bicyclic) bond motifs is 3. The molecule has 0 unspecified atom stereocenters. The van der Waals surface area contributed by atoms with E-state index >= 15 is 0 Å². The van der Waals surface area contributed by atoms with E-state index in [1.54, 1.807) is 6.92 Å². The molecule has 0 bridgehead atoms. The highest BCUT2D eigenvalue weighted by atomic mass is 32.2. The van der Waals surface area contributed by atoms with Gasteiger partial charge in [0.2, 0.25) is 0 Å². The van der Waals surface area contributed by atoms with E-state index in [9.17, 15) is 14.4 Å². The Balaban J connectivity index is 1.27. The molecule has 182 valence electrons. The van der Waals surface area contributed by atoms with Crippen LogP contribution in [0.5, 0.6) is 0 Å². The van der Waals surface area contributed by atoms with Gasteiger partial charge in [-0.15, -0.1) is 23.1 Å². The van der Waals surface area contributed by atoms with Crippen LogP contribution in [-0.4, -0.2) is 52.7 Å². The van der Waals surface area contributed by atoms with Crippen molar-refractivity contribution in [2.45, 2.75) is 19.4 Å². The van der Waals surface area contributed by atoms with Crippen LogP contribution in [0.1, 0.15) is 37.4 Å². The van der Waals surface area contributed by atoms with Crippen LogP contribution in [0, 0.1) is 6.92 Å². The van der Waals surface area contributed by atoms with Crippen molar-refractivity contribution in [1.82, 2.24) is 15.6 Å². The molecule has 0 saturated carbocycles. The maximum Gasteiger partial charge on any atom is 0.407 e. The minimum Gasteiger partial charge on any atom is -0.481 e. The minimum absolute atomic E-state index is 0.00269. The molecule has 0 saturated heterocycles. The fourth-order valence-electron chi connectivity index (χ4n) is 4.01. The smallest absolute Gasteiger partial charge is 0.407 e. The second-order valence-electron chi connectivity index (χ2n) is 7.89. The van der Waals surface area contributed by atoms with Gasteiger partial charge in [0, 0.05) is 23.1 Å². The second-order valence-corrected chi connectivity index (χ2v) is 10.3. The highest BCUT2D eigenvalue weighted by Gasteiger charge is 2.29. The number of benzene rings is 2. The summed E-state index contributed by atoms with van der Waals surface area (Å²) in [7, 11) is 0. The van der Waals surface area contributed by atoms with Gasteiger partial charge < -0.3 is 20.5 Å². The number of nitrogens with zero attached hydrogens (tertiary/aromatic N) is 1. The first kappa shape index (κ1) is 24.7. The fourth-order valence-corrected chi connectivity index (χ4v) is 5.45. The fraction of sp³-hybridized carbons (Fsp3) is 0.280. The van der Waals surface area contributed by atoms with E-state index in [0.717, 1.165) is 16.0 Å². The van der Waals surface area contributed by atoms with Crippen molar-refractivity contribution >= 4 is 41.1 Å². The van der Waals surface area contributed by atoms with Crippen LogP contribution in [0.25, 0.3) is 11.1 Å². The number of aliphatic carboxylic acids is 1.